The monoisotopic (exact) mass is 497 g/mol. The Balaban J connectivity index is 0.00000169. The fraction of sp³-hybridized carbons (Fsp3) is 0.176. The molecule has 3 aromatic heterocycles. The van der Waals surface area contributed by atoms with Gasteiger partial charge in [0.2, 0.25) is 0 Å². The van der Waals surface area contributed by atoms with Gasteiger partial charge in [0, 0.05) is 44.9 Å². The second-order valence-electron chi connectivity index (χ2n) is 5.42. The molecule has 6 nitrogen and oxygen atoms in total. The summed E-state index contributed by atoms with van der Waals surface area (Å²) < 4.78 is 7.41. The van der Waals surface area contributed by atoms with Crippen molar-refractivity contribution in [3.05, 3.63) is 53.9 Å². The zero-order chi connectivity index (χ0) is 16.0. The van der Waals surface area contributed by atoms with Crippen LogP contribution in [-0.4, -0.2) is 24.7 Å². The van der Waals surface area contributed by atoms with E-state index < -0.39 is 0 Å². The fourth-order valence-electron chi connectivity index (χ4n) is 2.78. The Morgan fingerprint density at radius 2 is 1.88 bits per heavy atom. The maximum absolute atomic E-state index is 5.60. The molecule has 0 unspecified atom stereocenters. The summed E-state index contributed by atoms with van der Waals surface area (Å²) in [6.45, 7) is 5.84. The average molecular weight is 497 g/mol. The third-order valence-electron chi connectivity index (χ3n) is 3.73. The number of aryl methyl sites for hydroxylation is 3. The Morgan fingerprint density at radius 1 is 1.12 bits per heavy atom. The number of aromatic nitrogens is 5. The molecule has 0 saturated carbocycles. The summed E-state index contributed by atoms with van der Waals surface area (Å²) in [5.74, 6) is 1.30. The third kappa shape index (κ3) is 2.56. The van der Waals surface area contributed by atoms with Crippen LogP contribution >= 0.6 is 0 Å². The number of hydrogen-bond acceptors (Lipinski definition) is 5. The second kappa shape index (κ2) is 6.26. The van der Waals surface area contributed by atoms with E-state index in [1.165, 1.54) is 6.33 Å². The predicted molar refractivity (Wildman–Crippen MR) is 85.2 cm³/mol. The molecule has 0 atom stereocenters. The normalized spacial score (nSPS) is 10.8. The van der Waals surface area contributed by atoms with Crippen molar-refractivity contribution in [2.75, 3.05) is 0 Å². The molecular weight excluding hydrogens is 482 g/mol. The first-order valence-corrected chi connectivity index (χ1v) is 7.25. The zero-order valence-corrected chi connectivity index (χ0v) is 15.8. The first kappa shape index (κ1) is 16.5. The number of benzene rings is 1. The van der Waals surface area contributed by atoms with Gasteiger partial charge in [-0.25, -0.2) is 0 Å². The second-order valence-corrected chi connectivity index (χ2v) is 5.42. The standard InChI is InChI=1S/C17H14N5O.Ir/c1-10-7-18-8-11(2)16(10)22-17(19-9-20-22)13-5-4-6-14-15(13)21-12(3)23-14;/h4,6-9H,1-3H3;/q-1;. The van der Waals surface area contributed by atoms with Crippen molar-refractivity contribution in [2.24, 2.45) is 0 Å². The molecule has 0 aliphatic heterocycles. The molecule has 0 bridgehead atoms. The van der Waals surface area contributed by atoms with E-state index in [9.17, 15) is 0 Å². The van der Waals surface area contributed by atoms with E-state index in [0.29, 0.717) is 17.3 Å². The van der Waals surface area contributed by atoms with E-state index in [4.69, 9.17) is 4.42 Å². The molecule has 3 heterocycles. The molecule has 0 saturated heterocycles. The van der Waals surface area contributed by atoms with Crippen LogP contribution in [0.1, 0.15) is 17.0 Å². The summed E-state index contributed by atoms with van der Waals surface area (Å²) in [6, 6.07) is 6.88. The van der Waals surface area contributed by atoms with E-state index >= 15 is 0 Å². The van der Waals surface area contributed by atoms with Gasteiger partial charge in [0.15, 0.2) is 5.89 Å². The quantitative estimate of drug-likeness (QED) is 0.399. The summed E-state index contributed by atoms with van der Waals surface area (Å²) >= 11 is 0. The van der Waals surface area contributed by atoms with E-state index in [2.05, 4.69) is 26.1 Å². The first-order valence-electron chi connectivity index (χ1n) is 7.25. The molecule has 0 amide bonds. The van der Waals surface area contributed by atoms with Crippen molar-refractivity contribution >= 4 is 11.1 Å². The van der Waals surface area contributed by atoms with E-state index in [0.717, 1.165) is 27.9 Å². The van der Waals surface area contributed by atoms with Crippen LogP contribution in [0.15, 0.2) is 35.3 Å². The van der Waals surface area contributed by atoms with E-state index in [-0.39, 0.29) is 20.1 Å². The molecule has 24 heavy (non-hydrogen) atoms. The molecule has 1 aromatic carbocycles. The predicted octanol–water partition coefficient (Wildman–Crippen LogP) is 3.19. The molecule has 0 N–H and O–H groups in total. The summed E-state index contributed by atoms with van der Waals surface area (Å²) in [5.41, 5.74) is 5.25. The van der Waals surface area contributed by atoms with Crippen LogP contribution in [0.5, 0.6) is 0 Å². The molecule has 0 aliphatic rings. The molecule has 0 aliphatic carbocycles. The molecule has 123 valence electrons. The number of fused-ring (bicyclic) bond motifs is 1. The molecule has 0 fully saturated rings. The van der Waals surface area contributed by atoms with Crippen molar-refractivity contribution in [2.45, 2.75) is 20.8 Å². The third-order valence-corrected chi connectivity index (χ3v) is 3.73. The maximum Gasteiger partial charge on any atom is 0.180 e. The van der Waals surface area contributed by atoms with Crippen LogP contribution in [0.4, 0.5) is 0 Å². The smallest absolute Gasteiger partial charge is 0.180 e. The Labute approximate surface area is 152 Å². The van der Waals surface area contributed by atoms with Crippen LogP contribution in [0, 0.1) is 26.8 Å². The largest absolute Gasteiger partial charge is 0.461 e. The van der Waals surface area contributed by atoms with Gasteiger partial charge in [0.1, 0.15) is 6.33 Å². The summed E-state index contributed by atoms with van der Waals surface area (Å²) in [4.78, 5) is 13.1. The summed E-state index contributed by atoms with van der Waals surface area (Å²) in [5, 5.41) is 4.40. The number of oxazole rings is 1. The van der Waals surface area contributed by atoms with Crippen molar-refractivity contribution in [3.63, 3.8) is 0 Å². The minimum absolute atomic E-state index is 0. The molecule has 0 spiro atoms. The van der Waals surface area contributed by atoms with E-state index in [1.54, 1.807) is 0 Å². The van der Waals surface area contributed by atoms with Gasteiger partial charge in [-0.05, 0) is 25.0 Å². The van der Waals surface area contributed by atoms with Crippen molar-refractivity contribution in [1.29, 1.82) is 0 Å². The van der Waals surface area contributed by atoms with Crippen molar-refractivity contribution in [1.82, 2.24) is 24.7 Å². The number of rotatable bonds is 2. The van der Waals surface area contributed by atoms with Crippen molar-refractivity contribution < 1.29 is 24.5 Å². The number of pyridine rings is 1. The summed E-state index contributed by atoms with van der Waals surface area (Å²) in [6.07, 6.45) is 5.17. The van der Waals surface area contributed by atoms with Crippen LogP contribution in [-0.2, 0) is 20.1 Å². The average Bonchev–Trinajstić information content (AvgIpc) is 3.12. The van der Waals surface area contributed by atoms with Crippen LogP contribution in [0.3, 0.4) is 0 Å². The Kier molecular flexibility index (Phi) is 4.30. The van der Waals surface area contributed by atoms with Gasteiger partial charge in [0.25, 0.3) is 0 Å². The molecule has 7 heteroatoms. The number of hydrogen-bond donors (Lipinski definition) is 0. The Bertz CT molecular complexity index is 1000. The molecule has 4 aromatic rings. The van der Waals surface area contributed by atoms with Gasteiger partial charge in [-0.3, -0.25) is 19.6 Å². The molecule has 4 rings (SSSR count). The fourth-order valence-corrected chi connectivity index (χ4v) is 2.78. The Hall–Kier alpha value is -2.37. The zero-order valence-electron chi connectivity index (χ0n) is 13.4. The SMILES string of the molecule is Cc1nc2c(-c3ncnn3-c3c(C)cncc3C)[c-]ccc2o1.[Ir]. The molecule has 1 radical (unpaired) electrons. The topological polar surface area (TPSA) is 69.6 Å². The maximum atomic E-state index is 5.60. The number of nitrogens with zero attached hydrogens (tertiary/aromatic N) is 5. The van der Waals surface area contributed by atoms with Crippen LogP contribution in [0.2, 0.25) is 0 Å². The first-order chi connectivity index (χ1) is 11.1. The summed E-state index contributed by atoms with van der Waals surface area (Å²) in [7, 11) is 0. The van der Waals surface area contributed by atoms with Gasteiger partial charge >= 0.3 is 0 Å². The van der Waals surface area contributed by atoms with Crippen molar-refractivity contribution in [3.8, 4) is 17.1 Å². The Morgan fingerprint density at radius 3 is 2.62 bits per heavy atom. The van der Waals surface area contributed by atoms with Gasteiger partial charge < -0.3 is 4.42 Å². The molecular formula is C17H14IrN5O-. The minimum atomic E-state index is 0. The van der Waals surface area contributed by atoms with Gasteiger partial charge in [-0.1, -0.05) is 11.6 Å². The van der Waals surface area contributed by atoms with Gasteiger partial charge in [-0.2, -0.15) is 5.10 Å². The minimum Gasteiger partial charge on any atom is -0.461 e. The van der Waals surface area contributed by atoms with Crippen LogP contribution in [0.25, 0.3) is 28.2 Å². The van der Waals surface area contributed by atoms with Gasteiger partial charge in [-0.15, -0.1) is 12.1 Å². The van der Waals surface area contributed by atoms with E-state index in [1.807, 2.05) is 50.0 Å². The van der Waals surface area contributed by atoms with Gasteiger partial charge in [0.05, 0.1) is 17.1 Å². The van der Waals surface area contributed by atoms with Crippen LogP contribution < -0.4 is 0 Å².